The van der Waals surface area contributed by atoms with Crippen molar-refractivity contribution < 1.29 is 14.3 Å². The highest BCUT2D eigenvalue weighted by Gasteiger charge is 2.13. The molecule has 1 amide bonds. The van der Waals surface area contributed by atoms with Crippen LogP contribution in [0.15, 0.2) is 42.0 Å². The summed E-state index contributed by atoms with van der Waals surface area (Å²) in [4.78, 5) is 12.6. The van der Waals surface area contributed by atoms with Gasteiger partial charge in [0.05, 0.1) is 13.7 Å². The number of benzene rings is 2. The molecule has 0 aliphatic heterocycles. The van der Waals surface area contributed by atoms with Crippen molar-refractivity contribution in [2.24, 2.45) is 0 Å². The number of carbonyl (C=O) groups excluding carboxylic acids is 1. The van der Waals surface area contributed by atoms with Gasteiger partial charge in [-0.2, -0.15) is 5.26 Å². The van der Waals surface area contributed by atoms with Gasteiger partial charge in [-0.3, -0.25) is 4.79 Å². The molecule has 2 aromatic rings. The molecule has 0 aromatic heterocycles. The van der Waals surface area contributed by atoms with Gasteiger partial charge in [0, 0.05) is 17.3 Å². The smallest absolute Gasteiger partial charge is 0.266 e. The number of carbonyl (C=O) groups is 1. The van der Waals surface area contributed by atoms with E-state index in [2.05, 4.69) is 5.32 Å². The molecule has 0 aliphatic rings. The monoisotopic (exact) mass is 364 g/mol. The zero-order chi connectivity index (χ0) is 19.8. The van der Waals surface area contributed by atoms with E-state index in [1.165, 1.54) is 6.08 Å². The van der Waals surface area contributed by atoms with Gasteiger partial charge >= 0.3 is 0 Å². The Bertz CT molecular complexity index is 895. The first-order chi connectivity index (χ1) is 13.0. The summed E-state index contributed by atoms with van der Waals surface area (Å²) in [6.45, 7) is 6.44. The molecule has 0 saturated heterocycles. The van der Waals surface area contributed by atoms with Crippen molar-refractivity contribution in [3.8, 4) is 17.6 Å². The maximum atomic E-state index is 12.6. The molecule has 2 rings (SSSR count). The van der Waals surface area contributed by atoms with Crippen LogP contribution >= 0.6 is 0 Å². The molecule has 0 aliphatic carbocycles. The fraction of sp³-hybridized carbons (Fsp3) is 0.273. The van der Waals surface area contributed by atoms with E-state index >= 15 is 0 Å². The number of nitriles is 1. The van der Waals surface area contributed by atoms with Crippen LogP contribution in [-0.2, 0) is 4.79 Å². The lowest BCUT2D eigenvalue weighted by molar-refractivity contribution is -0.112. The normalized spacial score (nSPS) is 10.9. The molecular weight excluding hydrogens is 340 g/mol. The average molecular weight is 364 g/mol. The first-order valence-electron chi connectivity index (χ1n) is 8.80. The van der Waals surface area contributed by atoms with Gasteiger partial charge in [0.2, 0.25) is 0 Å². The van der Waals surface area contributed by atoms with Crippen LogP contribution in [0, 0.1) is 25.2 Å². The maximum absolute atomic E-state index is 12.6. The molecule has 0 atom stereocenters. The molecule has 0 radical (unpaired) electrons. The number of nitrogens with one attached hydrogen (secondary N) is 1. The van der Waals surface area contributed by atoms with E-state index in [1.807, 2.05) is 45.0 Å². The highest BCUT2D eigenvalue weighted by atomic mass is 16.5. The van der Waals surface area contributed by atoms with Crippen molar-refractivity contribution in [2.45, 2.75) is 27.2 Å². The summed E-state index contributed by atoms with van der Waals surface area (Å²) >= 11 is 0. The Morgan fingerprint density at radius 2 is 2.04 bits per heavy atom. The van der Waals surface area contributed by atoms with Crippen LogP contribution in [0.25, 0.3) is 6.08 Å². The van der Waals surface area contributed by atoms with Crippen LogP contribution in [-0.4, -0.2) is 19.6 Å². The Hall–Kier alpha value is -3.26. The third-order valence-electron chi connectivity index (χ3n) is 4.20. The Morgan fingerprint density at radius 3 is 2.70 bits per heavy atom. The minimum Gasteiger partial charge on any atom is -0.497 e. The highest BCUT2D eigenvalue weighted by molar-refractivity contribution is 6.10. The van der Waals surface area contributed by atoms with E-state index in [1.54, 1.807) is 25.3 Å². The molecule has 5 nitrogen and oxygen atoms in total. The van der Waals surface area contributed by atoms with Crippen LogP contribution in [0.1, 0.15) is 30.0 Å². The van der Waals surface area contributed by atoms with E-state index in [9.17, 15) is 10.1 Å². The Kier molecular flexibility index (Phi) is 7.01. The number of ether oxygens (including phenoxy) is 2. The summed E-state index contributed by atoms with van der Waals surface area (Å²) in [5.41, 5.74) is 3.39. The maximum Gasteiger partial charge on any atom is 0.266 e. The summed E-state index contributed by atoms with van der Waals surface area (Å²) in [5.74, 6) is 0.767. The molecule has 0 bridgehead atoms. The van der Waals surface area contributed by atoms with Crippen molar-refractivity contribution in [1.29, 1.82) is 5.26 Å². The number of rotatable bonds is 7. The van der Waals surface area contributed by atoms with Gasteiger partial charge in [0.1, 0.15) is 23.1 Å². The molecule has 0 saturated carbocycles. The van der Waals surface area contributed by atoms with Gasteiger partial charge in [0.15, 0.2) is 0 Å². The van der Waals surface area contributed by atoms with Crippen LogP contribution in [0.3, 0.4) is 0 Å². The van der Waals surface area contributed by atoms with Gasteiger partial charge in [-0.1, -0.05) is 19.1 Å². The average Bonchev–Trinajstić information content (AvgIpc) is 2.68. The Balaban J connectivity index is 2.33. The van der Waals surface area contributed by atoms with Crippen LogP contribution in [0.5, 0.6) is 11.5 Å². The second-order valence-electron chi connectivity index (χ2n) is 6.12. The molecule has 0 heterocycles. The van der Waals surface area contributed by atoms with E-state index < -0.39 is 5.91 Å². The topological polar surface area (TPSA) is 71.3 Å². The lowest BCUT2D eigenvalue weighted by Crippen LogP contribution is -2.14. The van der Waals surface area contributed by atoms with Crippen molar-refractivity contribution in [2.75, 3.05) is 19.0 Å². The number of nitrogens with zero attached hydrogens (tertiary/aromatic N) is 1. The number of amides is 1. The quantitative estimate of drug-likeness (QED) is 0.573. The third-order valence-corrected chi connectivity index (χ3v) is 4.20. The standard InChI is InChI=1S/C22H24N2O3/c1-5-11-27-21-13-19(26-4)10-9-17(21)12-18(14-23)22(25)24-20-8-6-7-15(2)16(20)3/h6-10,12-13H,5,11H2,1-4H3,(H,24,25)/b18-12+. The molecular formula is C22H24N2O3. The van der Waals surface area contributed by atoms with Gasteiger partial charge in [-0.15, -0.1) is 0 Å². The summed E-state index contributed by atoms with van der Waals surface area (Å²) in [6.07, 6.45) is 2.38. The highest BCUT2D eigenvalue weighted by Crippen LogP contribution is 2.27. The summed E-state index contributed by atoms with van der Waals surface area (Å²) in [5, 5.41) is 12.3. The summed E-state index contributed by atoms with van der Waals surface area (Å²) in [7, 11) is 1.58. The SMILES string of the molecule is CCCOc1cc(OC)ccc1/C=C(\C#N)C(=O)Nc1cccc(C)c1C. The second kappa shape index (κ2) is 9.44. The van der Waals surface area contributed by atoms with Crippen LogP contribution < -0.4 is 14.8 Å². The molecule has 2 aromatic carbocycles. The fourth-order valence-corrected chi connectivity index (χ4v) is 2.48. The van der Waals surface area contributed by atoms with E-state index in [-0.39, 0.29) is 5.57 Å². The van der Waals surface area contributed by atoms with Crippen molar-refractivity contribution in [1.82, 2.24) is 0 Å². The summed E-state index contributed by atoms with van der Waals surface area (Å²) in [6, 6.07) is 12.9. The minimum absolute atomic E-state index is 0.00224. The van der Waals surface area contributed by atoms with Crippen molar-refractivity contribution >= 4 is 17.7 Å². The molecule has 5 heteroatoms. The number of hydrogen-bond donors (Lipinski definition) is 1. The molecule has 1 N–H and O–H groups in total. The number of anilines is 1. The van der Waals surface area contributed by atoms with Gasteiger partial charge in [0.25, 0.3) is 5.91 Å². The van der Waals surface area contributed by atoms with E-state index in [0.717, 1.165) is 17.5 Å². The van der Waals surface area contributed by atoms with Crippen LogP contribution in [0.4, 0.5) is 5.69 Å². The Labute approximate surface area is 160 Å². The Morgan fingerprint density at radius 1 is 1.26 bits per heavy atom. The first kappa shape index (κ1) is 20.1. The largest absolute Gasteiger partial charge is 0.497 e. The molecule has 0 fully saturated rings. The number of aryl methyl sites for hydroxylation is 1. The van der Waals surface area contributed by atoms with Crippen molar-refractivity contribution in [3.63, 3.8) is 0 Å². The zero-order valence-electron chi connectivity index (χ0n) is 16.1. The lowest BCUT2D eigenvalue weighted by Gasteiger charge is -2.12. The predicted octanol–water partition coefficient (Wildman–Crippen LogP) is 4.65. The first-order valence-corrected chi connectivity index (χ1v) is 8.80. The number of methoxy groups -OCH3 is 1. The second-order valence-corrected chi connectivity index (χ2v) is 6.12. The minimum atomic E-state index is -0.455. The fourth-order valence-electron chi connectivity index (χ4n) is 2.48. The third kappa shape index (κ3) is 5.11. The lowest BCUT2D eigenvalue weighted by atomic mass is 10.1. The molecule has 0 unspecified atom stereocenters. The van der Waals surface area contributed by atoms with Gasteiger partial charge < -0.3 is 14.8 Å². The zero-order valence-corrected chi connectivity index (χ0v) is 16.1. The predicted molar refractivity (Wildman–Crippen MR) is 107 cm³/mol. The summed E-state index contributed by atoms with van der Waals surface area (Å²) < 4.78 is 11.0. The van der Waals surface area contributed by atoms with E-state index in [4.69, 9.17) is 9.47 Å². The van der Waals surface area contributed by atoms with E-state index in [0.29, 0.717) is 29.4 Å². The molecule has 27 heavy (non-hydrogen) atoms. The van der Waals surface area contributed by atoms with Gasteiger partial charge in [-0.25, -0.2) is 0 Å². The van der Waals surface area contributed by atoms with Crippen LogP contribution in [0.2, 0.25) is 0 Å². The molecule has 140 valence electrons. The van der Waals surface area contributed by atoms with Gasteiger partial charge in [-0.05, 0) is 55.7 Å². The van der Waals surface area contributed by atoms with Crippen molar-refractivity contribution in [3.05, 3.63) is 58.7 Å². The molecule has 0 spiro atoms. The number of hydrogen-bond acceptors (Lipinski definition) is 4.